The molecule has 1 fully saturated rings. The number of anilines is 1. The maximum atomic E-state index is 12.8. The summed E-state index contributed by atoms with van der Waals surface area (Å²) in [6.07, 6.45) is 3.66. The molecule has 7 heteroatoms. The molecule has 2 aliphatic heterocycles. The summed E-state index contributed by atoms with van der Waals surface area (Å²) in [6.45, 7) is 5.43. The summed E-state index contributed by atoms with van der Waals surface area (Å²) in [7, 11) is 1.94. The van der Waals surface area contributed by atoms with Gasteiger partial charge in [-0.1, -0.05) is 44.2 Å². The first-order chi connectivity index (χ1) is 16.3. The summed E-state index contributed by atoms with van der Waals surface area (Å²) in [5.41, 5.74) is 3.14. The molecule has 6 nitrogen and oxygen atoms in total. The lowest BCUT2D eigenvalue weighted by atomic mass is 9.83. The number of likely N-dealkylation sites (tertiary alicyclic amines) is 1. The first-order valence-corrected chi connectivity index (χ1v) is 12.5. The summed E-state index contributed by atoms with van der Waals surface area (Å²) in [6, 6.07) is 15.1. The molecule has 34 heavy (non-hydrogen) atoms. The van der Waals surface area contributed by atoms with Crippen LogP contribution in [-0.4, -0.2) is 55.1 Å². The predicted molar refractivity (Wildman–Crippen MR) is 134 cm³/mol. The highest BCUT2D eigenvalue weighted by Gasteiger charge is 2.38. The zero-order valence-corrected chi connectivity index (χ0v) is 20.7. The Bertz CT molecular complexity index is 1130. The second kappa shape index (κ2) is 10.1. The fraction of sp³-hybridized carbons (Fsp3) is 0.370. The monoisotopic (exact) mass is 478 g/mol. The molecule has 0 bridgehead atoms. The van der Waals surface area contributed by atoms with Crippen molar-refractivity contribution in [2.75, 3.05) is 37.4 Å². The summed E-state index contributed by atoms with van der Waals surface area (Å²) in [5.74, 6) is -0.481. The van der Waals surface area contributed by atoms with Gasteiger partial charge in [0.05, 0.1) is 11.3 Å². The van der Waals surface area contributed by atoms with Gasteiger partial charge in [0.25, 0.3) is 0 Å². The van der Waals surface area contributed by atoms with E-state index in [0.717, 1.165) is 42.9 Å². The molecule has 0 spiro atoms. The minimum Gasteiger partial charge on any atom is -0.454 e. The van der Waals surface area contributed by atoms with Gasteiger partial charge in [-0.05, 0) is 36.6 Å². The fourth-order valence-corrected chi connectivity index (χ4v) is 5.57. The molecule has 0 radical (unpaired) electrons. The Morgan fingerprint density at radius 2 is 1.71 bits per heavy atom. The molecule has 178 valence electrons. The summed E-state index contributed by atoms with van der Waals surface area (Å²) in [4.78, 5) is 42.4. The van der Waals surface area contributed by atoms with Crippen molar-refractivity contribution >= 4 is 35.1 Å². The SMILES string of the molecule is CN1/C(=C\C(=O)COC(=O)c2ccccc2SCC(=O)N2CCCC2)C(C)(C)c2ccccc21. The molecule has 0 unspecified atom stereocenters. The van der Waals surface area contributed by atoms with Crippen LogP contribution < -0.4 is 4.90 Å². The number of fused-ring (bicyclic) bond motifs is 1. The Labute approximate surface area is 205 Å². The molecule has 0 aromatic heterocycles. The van der Waals surface area contributed by atoms with Gasteiger partial charge in [0, 0.05) is 47.9 Å². The van der Waals surface area contributed by atoms with Crippen LogP contribution in [0.4, 0.5) is 5.69 Å². The van der Waals surface area contributed by atoms with E-state index in [1.54, 1.807) is 24.3 Å². The topological polar surface area (TPSA) is 66.9 Å². The summed E-state index contributed by atoms with van der Waals surface area (Å²) < 4.78 is 5.37. The third-order valence-electron chi connectivity index (χ3n) is 6.50. The van der Waals surface area contributed by atoms with Crippen LogP contribution in [0.3, 0.4) is 0 Å². The number of rotatable bonds is 7. The standard InChI is InChI=1S/C27H30N2O4S/c1-27(2)21-11-5-6-12-22(21)28(3)24(27)16-19(30)17-33-26(32)20-10-4-7-13-23(20)34-18-25(31)29-14-8-9-15-29/h4-7,10-13,16H,8-9,14-15,17-18H2,1-3H3/b24-16-. The molecule has 2 aromatic rings. The number of para-hydroxylation sites is 1. The van der Waals surface area contributed by atoms with Crippen LogP contribution in [-0.2, 0) is 19.7 Å². The van der Waals surface area contributed by atoms with Crippen LogP contribution in [0.2, 0.25) is 0 Å². The number of carbonyl (C=O) groups is 3. The number of amides is 1. The molecular formula is C27H30N2O4S. The van der Waals surface area contributed by atoms with Crippen LogP contribution in [0.5, 0.6) is 0 Å². The van der Waals surface area contributed by atoms with E-state index in [1.165, 1.54) is 11.8 Å². The van der Waals surface area contributed by atoms with E-state index in [9.17, 15) is 14.4 Å². The number of nitrogens with zero attached hydrogens (tertiary/aromatic N) is 2. The van der Waals surface area contributed by atoms with Crippen molar-refractivity contribution in [2.24, 2.45) is 0 Å². The van der Waals surface area contributed by atoms with Crippen LogP contribution >= 0.6 is 11.8 Å². The predicted octanol–water partition coefficient (Wildman–Crippen LogP) is 4.44. The number of hydrogen-bond donors (Lipinski definition) is 0. The number of ether oxygens (including phenoxy) is 1. The second-order valence-electron chi connectivity index (χ2n) is 9.15. The number of thioether (sulfide) groups is 1. The van der Waals surface area contributed by atoms with Gasteiger partial charge >= 0.3 is 5.97 Å². The molecule has 1 saturated heterocycles. The lowest BCUT2D eigenvalue weighted by Crippen LogP contribution is -2.29. The smallest absolute Gasteiger partial charge is 0.339 e. The van der Waals surface area contributed by atoms with E-state index in [4.69, 9.17) is 4.74 Å². The maximum Gasteiger partial charge on any atom is 0.339 e. The Kier molecular flexibility index (Phi) is 7.12. The molecule has 1 amide bonds. The van der Waals surface area contributed by atoms with Gasteiger partial charge in [-0.2, -0.15) is 0 Å². The quantitative estimate of drug-likeness (QED) is 0.333. The van der Waals surface area contributed by atoms with Crippen LogP contribution in [0.1, 0.15) is 42.6 Å². The van der Waals surface area contributed by atoms with Crippen LogP contribution in [0, 0.1) is 0 Å². The first-order valence-electron chi connectivity index (χ1n) is 11.5. The van der Waals surface area contributed by atoms with E-state index in [1.807, 2.05) is 41.1 Å². The Morgan fingerprint density at radius 3 is 2.44 bits per heavy atom. The molecule has 2 aliphatic rings. The third-order valence-corrected chi connectivity index (χ3v) is 7.56. The number of allylic oxidation sites excluding steroid dienone is 1. The van der Waals surface area contributed by atoms with Crippen molar-refractivity contribution in [3.05, 3.63) is 71.4 Å². The largest absolute Gasteiger partial charge is 0.454 e. The first kappa shape index (κ1) is 24.1. The Hall–Kier alpha value is -3.06. The molecule has 0 N–H and O–H groups in total. The average molecular weight is 479 g/mol. The van der Waals surface area contributed by atoms with Gasteiger partial charge in [0.2, 0.25) is 5.91 Å². The number of benzene rings is 2. The normalized spacial score (nSPS) is 17.7. The van der Waals surface area contributed by atoms with E-state index < -0.39 is 5.97 Å². The lowest BCUT2D eigenvalue weighted by molar-refractivity contribution is -0.127. The highest BCUT2D eigenvalue weighted by atomic mass is 32.2. The molecule has 0 atom stereocenters. The van der Waals surface area contributed by atoms with Crippen molar-refractivity contribution in [1.82, 2.24) is 4.90 Å². The third kappa shape index (κ3) is 4.89. The molecule has 0 aliphatic carbocycles. The molecule has 4 rings (SSSR count). The van der Waals surface area contributed by atoms with Crippen molar-refractivity contribution < 1.29 is 19.1 Å². The van der Waals surface area contributed by atoms with Crippen molar-refractivity contribution in [3.8, 4) is 0 Å². The van der Waals surface area contributed by atoms with E-state index >= 15 is 0 Å². The van der Waals surface area contributed by atoms with Crippen molar-refractivity contribution in [2.45, 2.75) is 37.0 Å². The van der Waals surface area contributed by atoms with Gasteiger partial charge in [0.1, 0.15) is 0 Å². The second-order valence-corrected chi connectivity index (χ2v) is 10.2. The number of hydrogen-bond acceptors (Lipinski definition) is 6. The van der Waals surface area contributed by atoms with Crippen LogP contribution in [0.25, 0.3) is 0 Å². The molecular weight excluding hydrogens is 448 g/mol. The average Bonchev–Trinajstić information content (AvgIpc) is 3.44. The highest BCUT2D eigenvalue weighted by Crippen LogP contribution is 2.46. The minimum atomic E-state index is -0.564. The van der Waals surface area contributed by atoms with Gasteiger partial charge in [-0.25, -0.2) is 4.79 Å². The number of likely N-dealkylation sites (N-methyl/N-ethyl adjacent to an activating group) is 1. The fourth-order valence-electron chi connectivity index (χ4n) is 4.63. The van der Waals surface area contributed by atoms with Gasteiger partial charge < -0.3 is 14.5 Å². The zero-order valence-electron chi connectivity index (χ0n) is 19.9. The number of esters is 1. The summed E-state index contributed by atoms with van der Waals surface area (Å²) in [5, 5.41) is 0. The van der Waals surface area contributed by atoms with Gasteiger partial charge in [-0.15, -0.1) is 11.8 Å². The Morgan fingerprint density at radius 1 is 1.03 bits per heavy atom. The number of carbonyl (C=O) groups excluding carboxylic acids is 3. The minimum absolute atomic E-state index is 0.0803. The summed E-state index contributed by atoms with van der Waals surface area (Å²) >= 11 is 1.33. The lowest BCUT2D eigenvalue weighted by Gasteiger charge is -2.23. The molecule has 2 heterocycles. The molecule has 2 aromatic carbocycles. The van der Waals surface area contributed by atoms with Gasteiger partial charge in [-0.3, -0.25) is 9.59 Å². The molecule has 0 saturated carbocycles. The Balaban J connectivity index is 1.39. The zero-order chi connectivity index (χ0) is 24.3. The number of ketones is 1. The highest BCUT2D eigenvalue weighted by molar-refractivity contribution is 8.00. The maximum absolute atomic E-state index is 12.8. The van der Waals surface area contributed by atoms with Gasteiger partial charge in [0.15, 0.2) is 12.4 Å². The van der Waals surface area contributed by atoms with Crippen molar-refractivity contribution in [1.29, 1.82) is 0 Å². The van der Waals surface area contributed by atoms with Crippen LogP contribution in [0.15, 0.2) is 65.2 Å². The van der Waals surface area contributed by atoms with Crippen molar-refractivity contribution in [3.63, 3.8) is 0 Å². The van der Waals surface area contributed by atoms with E-state index in [2.05, 4.69) is 19.9 Å². The van der Waals surface area contributed by atoms with E-state index in [0.29, 0.717) is 10.5 Å². The van der Waals surface area contributed by atoms with E-state index in [-0.39, 0.29) is 29.5 Å².